The second kappa shape index (κ2) is 5.38. The van der Waals surface area contributed by atoms with Crippen LogP contribution in [0.1, 0.15) is 55.9 Å². The number of hydrogen-bond donors (Lipinski definition) is 2. The second-order valence-electron chi connectivity index (χ2n) is 8.73. The number of fused-ring (bicyclic) bond motifs is 6. The van der Waals surface area contributed by atoms with Gasteiger partial charge in [-0.15, -0.1) is 0 Å². The van der Waals surface area contributed by atoms with Gasteiger partial charge in [0.15, 0.2) is 0 Å². The number of aromatic amines is 2. The van der Waals surface area contributed by atoms with Crippen LogP contribution in [0.3, 0.4) is 0 Å². The predicted molar refractivity (Wildman–Crippen MR) is 108 cm³/mol. The minimum Gasteiger partial charge on any atom is -0.370 e. The molecule has 1 aliphatic carbocycles. The molecule has 136 valence electrons. The summed E-state index contributed by atoms with van der Waals surface area (Å²) in [6.45, 7) is 11.6. The average molecular weight is 348 g/mol. The largest absolute Gasteiger partial charge is 0.370 e. The summed E-state index contributed by atoms with van der Waals surface area (Å²) in [5.41, 5.74) is 11.2. The zero-order valence-electron chi connectivity index (χ0n) is 16.3. The second-order valence-corrected chi connectivity index (χ2v) is 8.73. The lowest BCUT2D eigenvalue weighted by atomic mass is 9.83. The van der Waals surface area contributed by atoms with Crippen molar-refractivity contribution in [2.45, 2.75) is 58.8 Å². The van der Waals surface area contributed by atoms with Crippen LogP contribution in [0, 0.1) is 6.92 Å². The quantitative estimate of drug-likeness (QED) is 0.694. The first-order valence-corrected chi connectivity index (χ1v) is 9.97. The summed E-state index contributed by atoms with van der Waals surface area (Å²) in [6, 6.07) is 2.47. The number of nitrogens with zero attached hydrogens (tertiary/aromatic N) is 2. The minimum absolute atomic E-state index is 0.199. The first-order chi connectivity index (χ1) is 12.5. The van der Waals surface area contributed by atoms with Gasteiger partial charge in [0.1, 0.15) is 0 Å². The Morgan fingerprint density at radius 2 is 2.08 bits per heavy atom. The lowest BCUT2D eigenvalue weighted by molar-refractivity contribution is 0.547. The van der Waals surface area contributed by atoms with E-state index in [0.717, 1.165) is 25.9 Å². The highest BCUT2D eigenvalue weighted by atomic mass is 15.2. The summed E-state index contributed by atoms with van der Waals surface area (Å²) < 4.78 is 0. The molecular weight excluding hydrogens is 320 g/mol. The van der Waals surface area contributed by atoms with Crippen LogP contribution < -0.4 is 4.90 Å². The Morgan fingerprint density at radius 1 is 1.23 bits per heavy atom. The molecular formula is C22H28N4. The molecule has 0 atom stereocenters. The number of anilines is 1. The molecule has 0 radical (unpaired) electrons. The van der Waals surface area contributed by atoms with Crippen molar-refractivity contribution in [3.63, 3.8) is 0 Å². The van der Waals surface area contributed by atoms with Crippen LogP contribution in [-0.2, 0) is 18.3 Å². The summed E-state index contributed by atoms with van der Waals surface area (Å²) >= 11 is 0. The van der Waals surface area contributed by atoms with Crippen LogP contribution in [0.2, 0.25) is 0 Å². The number of aromatic nitrogens is 3. The Balaban J connectivity index is 1.81. The number of rotatable bonds is 2. The van der Waals surface area contributed by atoms with E-state index in [1.165, 1.54) is 63.1 Å². The van der Waals surface area contributed by atoms with Gasteiger partial charge in [-0.3, -0.25) is 5.10 Å². The van der Waals surface area contributed by atoms with E-state index in [-0.39, 0.29) is 5.41 Å². The van der Waals surface area contributed by atoms with Crippen LogP contribution in [0.25, 0.3) is 22.3 Å². The number of aryl methyl sites for hydroxylation is 3. The molecule has 3 aromatic rings. The van der Waals surface area contributed by atoms with E-state index < -0.39 is 0 Å². The molecule has 0 bridgehead atoms. The maximum Gasteiger partial charge on any atom is 0.0847 e. The molecule has 5 rings (SSSR count). The number of H-pyrrole nitrogens is 2. The molecule has 0 amide bonds. The van der Waals surface area contributed by atoms with Crippen LogP contribution in [0.5, 0.6) is 0 Å². The summed E-state index contributed by atoms with van der Waals surface area (Å²) in [5.74, 6) is 0. The zero-order chi connectivity index (χ0) is 18.1. The molecule has 2 N–H and O–H groups in total. The van der Waals surface area contributed by atoms with Crippen molar-refractivity contribution in [1.29, 1.82) is 0 Å². The Bertz CT molecular complexity index is 1000. The third-order valence-electron chi connectivity index (χ3n) is 6.37. The third kappa shape index (κ3) is 2.04. The Morgan fingerprint density at radius 3 is 2.88 bits per heavy atom. The Hall–Kier alpha value is -2.23. The smallest absolute Gasteiger partial charge is 0.0847 e. The summed E-state index contributed by atoms with van der Waals surface area (Å²) in [6.07, 6.45) is 6.61. The molecule has 0 unspecified atom stereocenters. The highest BCUT2D eigenvalue weighted by Crippen LogP contribution is 2.47. The lowest BCUT2D eigenvalue weighted by Gasteiger charge is -2.22. The Kier molecular flexibility index (Phi) is 3.31. The standard InChI is InChI=1S/C22H28N4/c1-5-9-26-12-22(3,4)18-13(2)19-16(10-17(18)26)15-8-6-7-14-11-23-25-20(14)21(15)24-19/h10-11,24H,5-9,12H2,1-4H3,(H,23,25). The van der Waals surface area contributed by atoms with Crippen LogP contribution >= 0.6 is 0 Å². The molecule has 4 heteroatoms. The van der Waals surface area contributed by atoms with Crippen molar-refractivity contribution in [2.75, 3.05) is 18.0 Å². The van der Waals surface area contributed by atoms with Gasteiger partial charge in [-0.1, -0.05) is 20.8 Å². The van der Waals surface area contributed by atoms with E-state index in [0.29, 0.717) is 0 Å². The average Bonchev–Trinajstić information content (AvgIpc) is 3.22. The van der Waals surface area contributed by atoms with Gasteiger partial charge in [0.2, 0.25) is 0 Å². The van der Waals surface area contributed by atoms with Crippen molar-refractivity contribution < 1.29 is 0 Å². The van der Waals surface area contributed by atoms with Gasteiger partial charge in [-0.2, -0.15) is 5.10 Å². The monoisotopic (exact) mass is 348 g/mol. The molecule has 2 aromatic heterocycles. The van der Waals surface area contributed by atoms with E-state index in [9.17, 15) is 0 Å². The van der Waals surface area contributed by atoms with Crippen LogP contribution in [0.15, 0.2) is 12.3 Å². The van der Waals surface area contributed by atoms with Crippen molar-refractivity contribution >= 4 is 16.6 Å². The SMILES string of the molecule is CCCN1CC(C)(C)c2c1cc1c3c([nH]c1c2C)-c1[nH]ncc1CCC3. The molecule has 3 heterocycles. The van der Waals surface area contributed by atoms with Gasteiger partial charge in [0, 0.05) is 35.1 Å². The lowest BCUT2D eigenvalue weighted by Crippen LogP contribution is -2.29. The molecule has 0 fully saturated rings. The Labute approximate surface area is 155 Å². The molecule has 0 saturated carbocycles. The van der Waals surface area contributed by atoms with Crippen LogP contribution in [0.4, 0.5) is 5.69 Å². The molecule has 1 aromatic carbocycles. The summed E-state index contributed by atoms with van der Waals surface area (Å²) in [5, 5.41) is 8.97. The van der Waals surface area contributed by atoms with Crippen molar-refractivity contribution in [2.24, 2.45) is 0 Å². The number of hydrogen-bond acceptors (Lipinski definition) is 2. The van der Waals surface area contributed by atoms with Crippen LogP contribution in [-0.4, -0.2) is 28.3 Å². The fourth-order valence-corrected chi connectivity index (χ4v) is 5.39. The fourth-order valence-electron chi connectivity index (χ4n) is 5.39. The van der Waals surface area contributed by atoms with Gasteiger partial charge in [0.25, 0.3) is 0 Å². The van der Waals surface area contributed by atoms with E-state index >= 15 is 0 Å². The number of nitrogens with one attached hydrogen (secondary N) is 2. The van der Waals surface area contributed by atoms with E-state index in [4.69, 9.17) is 0 Å². The van der Waals surface area contributed by atoms with Gasteiger partial charge in [0.05, 0.1) is 17.6 Å². The topological polar surface area (TPSA) is 47.7 Å². The molecule has 4 nitrogen and oxygen atoms in total. The van der Waals surface area contributed by atoms with E-state index in [2.05, 4.69) is 53.8 Å². The maximum atomic E-state index is 4.31. The molecule has 1 aliphatic heterocycles. The van der Waals surface area contributed by atoms with Crippen molar-refractivity contribution in [3.05, 3.63) is 34.5 Å². The molecule has 0 spiro atoms. The predicted octanol–water partition coefficient (Wildman–Crippen LogP) is 4.86. The number of benzene rings is 1. The molecule has 26 heavy (non-hydrogen) atoms. The van der Waals surface area contributed by atoms with Crippen molar-refractivity contribution in [3.8, 4) is 11.4 Å². The van der Waals surface area contributed by atoms with E-state index in [1.807, 2.05) is 6.20 Å². The normalized spacial score (nSPS) is 17.9. The third-order valence-corrected chi connectivity index (χ3v) is 6.37. The first kappa shape index (κ1) is 16.0. The van der Waals surface area contributed by atoms with Crippen molar-refractivity contribution in [1.82, 2.24) is 15.2 Å². The maximum absolute atomic E-state index is 4.31. The fraction of sp³-hybridized carbons (Fsp3) is 0.500. The van der Waals surface area contributed by atoms with Gasteiger partial charge in [-0.25, -0.2) is 0 Å². The summed E-state index contributed by atoms with van der Waals surface area (Å²) in [7, 11) is 0. The first-order valence-electron chi connectivity index (χ1n) is 9.97. The highest BCUT2D eigenvalue weighted by molar-refractivity contribution is 5.97. The van der Waals surface area contributed by atoms with Gasteiger partial charge < -0.3 is 9.88 Å². The summed E-state index contributed by atoms with van der Waals surface area (Å²) in [4.78, 5) is 6.39. The van der Waals surface area contributed by atoms with Gasteiger partial charge in [-0.05, 0) is 60.9 Å². The molecule has 0 saturated heterocycles. The van der Waals surface area contributed by atoms with Gasteiger partial charge >= 0.3 is 0 Å². The highest BCUT2D eigenvalue weighted by Gasteiger charge is 2.37. The van der Waals surface area contributed by atoms with E-state index in [1.54, 1.807) is 0 Å². The minimum atomic E-state index is 0.199. The zero-order valence-corrected chi connectivity index (χ0v) is 16.3. The molecule has 2 aliphatic rings.